The van der Waals surface area contributed by atoms with Crippen molar-refractivity contribution in [2.24, 2.45) is 5.41 Å². The van der Waals surface area contributed by atoms with Gasteiger partial charge in [-0.05, 0) is 71.1 Å². The van der Waals surface area contributed by atoms with Crippen LogP contribution in [0.5, 0.6) is 0 Å². The first kappa shape index (κ1) is 27.1. The highest BCUT2D eigenvalue weighted by Crippen LogP contribution is 2.56. The Balaban J connectivity index is 1.04. The average Bonchev–Trinajstić information content (AvgIpc) is 3.25. The minimum absolute atomic E-state index is 0.0794. The Morgan fingerprint density at radius 1 is 1.11 bits per heavy atom. The van der Waals surface area contributed by atoms with E-state index >= 15 is 0 Å². The molecule has 0 aromatic carbocycles. The number of amides is 2. The van der Waals surface area contributed by atoms with E-state index in [2.05, 4.69) is 15.7 Å². The molecule has 1 aromatic heterocycles. The standard InChI is InChI=1S/C26H38ClN5O6/c1-25(2,3)38-24(35)30-17-12-26(13-17)10-16(11-26)29-23(34)37-18-7-8-31(15-18)19-14-28-32(22(33)21(19)27)20-6-4-5-9-36-20/h14,16-18,20H,4-13,15H2,1-3H3,(H,29,34)(H,30,35). The molecular formula is C26H38ClN5O6. The Kier molecular flexibility index (Phi) is 7.52. The van der Waals surface area contributed by atoms with E-state index in [-0.39, 0.29) is 46.5 Å². The lowest BCUT2D eigenvalue weighted by atomic mass is 9.52. The normalized spacial score (nSPS) is 30.8. The van der Waals surface area contributed by atoms with Crippen molar-refractivity contribution in [1.82, 2.24) is 20.4 Å². The summed E-state index contributed by atoms with van der Waals surface area (Å²) in [5, 5.41) is 10.3. The predicted octanol–water partition coefficient (Wildman–Crippen LogP) is 3.74. The Hall–Kier alpha value is -2.53. The summed E-state index contributed by atoms with van der Waals surface area (Å²) in [5.41, 5.74) is -0.134. The second-order valence-corrected chi connectivity index (χ2v) is 12.6. The third-order valence-electron chi connectivity index (χ3n) is 7.87. The van der Waals surface area contributed by atoms with Gasteiger partial charge in [0.15, 0.2) is 6.23 Å². The van der Waals surface area contributed by atoms with Gasteiger partial charge in [-0.15, -0.1) is 0 Å². The number of nitrogens with one attached hydrogen (secondary N) is 2. The minimum Gasteiger partial charge on any atom is -0.444 e. The van der Waals surface area contributed by atoms with Crippen LogP contribution in [-0.4, -0.2) is 65.5 Å². The van der Waals surface area contributed by atoms with Crippen LogP contribution < -0.4 is 21.1 Å². The van der Waals surface area contributed by atoms with Crippen LogP contribution in [0.1, 0.15) is 78.4 Å². The molecule has 2 aliphatic heterocycles. The second-order valence-electron chi connectivity index (χ2n) is 12.2. The molecule has 210 valence electrons. The molecule has 2 amide bonds. The maximum absolute atomic E-state index is 12.8. The van der Waals surface area contributed by atoms with E-state index in [1.807, 2.05) is 25.7 Å². The fourth-order valence-electron chi connectivity index (χ4n) is 6.16. The van der Waals surface area contributed by atoms with E-state index in [0.717, 1.165) is 44.9 Å². The summed E-state index contributed by atoms with van der Waals surface area (Å²) in [6.07, 6.45) is 7.04. The molecule has 2 saturated heterocycles. The molecule has 0 radical (unpaired) electrons. The number of rotatable bonds is 5. The Bertz CT molecular complexity index is 1100. The van der Waals surface area contributed by atoms with E-state index in [4.69, 9.17) is 25.8 Å². The van der Waals surface area contributed by atoms with Crippen LogP contribution in [-0.2, 0) is 14.2 Å². The molecule has 2 atom stereocenters. The molecule has 2 unspecified atom stereocenters. The van der Waals surface area contributed by atoms with Gasteiger partial charge in [0.2, 0.25) is 0 Å². The van der Waals surface area contributed by atoms with Gasteiger partial charge < -0.3 is 29.7 Å². The zero-order chi connectivity index (χ0) is 27.1. The quantitative estimate of drug-likeness (QED) is 0.567. The Morgan fingerprint density at radius 3 is 2.42 bits per heavy atom. The number of hydrogen-bond donors (Lipinski definition) is 2. The molecule has 38 heavy (non-hydrogen) atoms. The van der Waals surface area contributed by atoms with Gasteiger partial charge in [0.25, 0.3) is 5.56 Å². The molecule has 3 heterocycles. The molecule has 2 aliphatic carbocycles. The molecule has 1 spiro atoms. The third kappa shape index (κ3) is 6.03. The maximum Gasteiger partial charge on any atom is 0.407 e. The van der Waals surface area contributed by atoms with Crippen LogP contribution in [0.2, 0.25) is 5.02 Å². The largest absolute Gasteiger partial charge is 0.444 e. The lowest BCUT2D eigenvalue weighted by Gasteiger charge is -2.57. The molecule has 0 bridgehead atoms. The zero-order valence-corrected chi connectivity index (χ0v) is 23.1. The summed E-state index contributed by atoms with van der Waals surface area (Å²) in [4.78, 5) is 39.2. The minimum atomic E-state index is -0.510. The lowest BCUT2D eigenvalue weighted by Crippen LogP contribution is -2.61. The molecule has 5 rings (SSSR count). The number of alkyl carbamates (subject to hydrolysis) is 2. The molecule has 4 aliphatic rings. The van der Waals surface area contributed by atoms with Crippen molar-refractivity contribution in [1.29, 1.82) is 0 Å². The maximum atomic E-state index is 12.8. The first-order valence-corrected chi connectivity index (χ1v) is 14.0. The predicted molar refractivity (Wildman–Crippen MR) is 140 cm³/mol. The smallest absolute Gasteiger partial charge is 0.407 e. The van der Waals surface area contributed by atoms with Gasteiger partial charge >= 0.3 is 12.2 Å². The van der Waals surface area contributed by atoms with E-state index in [1.165, 1.54) is 4.68 Å². The summed E-state index contributed by atoms with van der Waals surface area (Å²) in [6.45, 7) is 7.21. The average molecular weight is 552 g/mol. The zero-order valence-electron chi connectivity index (χ0n) is 22.3. The number of hydrogen-bond acceptors (Lipinski definition) is 8. The van der Waals surface area contributed by atoms with Gasteiger partial charge in [0.1, 0.15) is 16.7 Å². The summed E-state index contributed by atoms with van der Waals surface area (Å²) in [7, 11) is 0. The van der Waals surface area contributed by atoms with Crippen LogP contribution >= 0.6 is 11.6 Å². The van der Waals surface area contributed by atoms with Crippen LogP contribution in [0.4, 0.5) is 15.3 Å². The number of ether oxygens (including phenoxy) is 3. The molecular weight excluding hydrogens is 514 g/mol. The number of anilines is 1. The van der Waals surface area contributed by atoms with E-state index < -0.39 is 11.7 Å². The highest BCUT2D eigenvalue weighted by Gasteiger charge is 2.54. The first-order valence-electron chi connectivity index (χ1n) is 13.6. The van der Waals surface area contributed by atoms with E-state index in [9.17, 15) is 14.4 Å². The highest BCUT2D eigenvalue weighted by molar-refractivity contribution is 6.33. The van der Waals surface area contributed by atoms with Gasteiger partial charge in [-0.25, -0.2) is 9.59 Å². The molecule has 2 saturated carbocycles. The number of halogens is 1. The SMILES string of the molecule is CC(C)(C)OC(=O)NC1CC2(CC(NC(=O)OC3CCN(c4cnn(C5CCCCO5)c(=O)c4Cl)C3)C2)C1. The van der Waals surface area contributed by atoms with Crippen LogP contribution in [0.25, 0.3) is 0 Å². The van der Waals surface area contributed by atoms with Gasteiger partial charge in [-0.1, -0.05) is 11.6 Å². The number of nitrogens with zero attached hydrogens (tertiary/aromatic N) is 3. The monoisotopic (exact) mass is 551 g/mol. The van der Waals surface area contributed by atoms with Crippen molar-refractivity contribution < 1.29 is 23.8 Å². The summed E-state index contributed by atoms with van der Waals surface area (Å²) in [6, 6.07) is 0.205. The van der Waals surface area contributed by atoms with Crippen molar-refractivity contribution in [3.63, 3.8) is 0 Å². The first-order chi connectivity index (χ1) is 18.0. The third-order valence-corrected chi connectivity index (χ3v) is 8.23. The van der Waals surface area contributed by atoms with E-state index in [1.54, 1.807) is 6.20 Å². The fourth-order valence-corrected chi connectivity index (χ4v) is 6.41. The Morgan fingerprint density at radius 2 is 1.79 bits per heavy atom. The Labute approximate surface area is 227 Å². The molecule has 2 N–H and O–H groups in total. The van der Waals surface area contributed by atoms with Crippen molar-refractivity contribution in [3.8, 4) is 0 Å². The summed E-state index contributed by atoms with van der Waals surface area (Å²) < 4.78 is 18.0. The van der Waals surface area contributed by atoms with Crippen LogP contribution in [0.15, 0.2) is 11.0 Å². The van der Waals surface area contributed by atoms with E-state index in [0.29, 0.717) is 31.8 Å². The van der Waals surface area contributed by atoms with Crippen LogP contribution in [0, 0.1) is 5.41 Å². The summed E-state index contributed by atoms with van der Waals surface area (Å²) >= 11 is 6.44. The van der Waals surface area contributed by atoms with Crippen LogP contribution in [0.3, 0.4) is 0 Å². The highest BCUT2D eigenvalue weighted by atomic mass is 35.5. The van der Waals surface area contributed by atoms with Crippen molar-refractivity contribution in [3.05, 3.63) is 21.6 Å². The molecule has 12 heteroatoms. The number of aromatic nitrogens is 2. The molecule has 4 fully saturated rings. The second kappa shape index (κ2) is 10.6. The number of carbonyl (C=O) groups is 2. The van der Waals surface area contributed by atoms with Crippen molar-refractivity contribution >= 4 is 29.5 Å². The topological polar surface area (TPSA) is 124 Å². The lowest BCUT2D eigenvalue weighted by molar-refractivity contribution is -0.0424. The number of carbonyl (C=O) groups excluding carboxylic acids is 2. The van der Waals surface area contributed by atoms with Gasteiger partial charge in [0.05, 0.1) is 18.4 Å². The van der Waals surface area contributed by atoms with Gasteiger partial charge in [-0.2, -0.15) is 9.78 Å². The van der Waals surface area contributed by atoms with Crippen molar-refractivity contribution in [2.75, 3.05) is 24.6 Å². The molecule has 11 nitrogen and oxygen atoms in total. The molecule has 1 aromatic rings. The summed E-state index contributed by atoms with van der Waals surface area (Å²) in [5.74, 6) is 0. The van der Waals surface area contributed by atoms with Gasteiger partial charge in [0, 0.05) is 31.7 Å². The fraction of sp³-hybridized carbons (Fsp3) is 0.769. The van der Waals surface area contributed by atoms with Crippen molar-refractivity contribution in [2.45, 2.75) is 102 Å². The van der Waals surface area contributed by atoms with Gasteiger partial charge in [-0.3, -0.25) is 4.79 Å².